The van der Waals surface area contributed by atoms with Crippen LogP contribution in [0, 0.1) is 5.92 Å². The van der Waals surface area contributed by atoms with Gasteiger partial charge in [0.1, 0.15) is 12.4 Å². The van der Waals surface area contributed by atoms with E-state index in [0.717, 1.165) is 11.6 Å². The van der Waals surface area contributed by atoms with E-state index in [9.17, 15) is 13.2 Å². The minimum atomic E-state index is -2.91. The molecule has 0 bridgehead atoms. The summed E-state index contributed by atoms with van der Waals surface area (Å²) in [6.45, 7) is 0.819. The fraction of sp³-hybridized carbons (Fsp3) is 0.550. The first-order valence-electron chi connectivity index (χ1n) is 10.1. The molecule has 2 aliphatic heterocycles. The minimum Gasteiger partial charge on any atom is -0.486 e. The van der Waals surface area contributed by atoms with E-state index in [1.807, 2.05) is 35.9 Å². The zero-order valence-corrected chi connectivity index (χ0v) is 19.2. The van der Waals surface area contributed by atoms with E-state index in [2.05, 4.69) is 10.2 Å². The molecule has 0 spiro atoms. The van der Waals surface area contributed by atoms with Crippen LogP contribution < -0.4 is 9.47 Å². The highest BCUT2D eigenvalue weighted by Crippen LogP contribution is 2.31. The van der Waals surface area contributed by atoms with Gasteiger partial charge >= 0.3 is 0 Å². The summed E-state index contributed by atoms with van der Waals surface area (Å²) < 4.78 is 36.8. The molecule has 2 aliphatic rings. The van der Waals surface area contributed by atoms with E-state index in [1.54, 1.807) is 11.9 Å². The molecule has 1 fully saturated rings. The van der Waals surface area contributed by atoms with Crippen molar-refractivity contribution in [3.05, 3.63) is 30.1 Å². The molecule has 1 aromatic heterocycles. The number of thioether (sulfide) groups is 1. The number of para-hydroxylation sites is 2. The summed E-state index contributed by atoms with van der Waals surface area (Å²) in [4.78, 5) is 14.2. The number of hydrogen-bond acceptors (Lipinski definition) is 8. The van der Waals surface area contributed by atoms with Crippen molar-refractivity contribution in [3.8, 4) is 11.5 Å². The van der Waals surface area contributed by atoms with Crippen molar-refractivity contribution in [2.24, 2.45) is 13.0 Å². The number of benzene rings is 1. The molecule has 0 aliphatic carbocycles. The third-order valence-electron chi connectivity index (χ3n) is 5.52. The Morgan fingerprint density at radius 1 is 1.29 bits per heavy atom. The van der Waals surface area contributed by atoms with Gasteiger partial charge in [-0.3, -0.25) is 4.79 Å². The number of aromatic nitrogens is 3. The van der Waals surface area contributed by atoms with E-state index in [1.165, 1.54) is 11.8 Å². The molecular weight excluding hydrogens is 440 g/mol. The standard InChI is InChI=1S/C20H26N4O5S2/c1-23(10-15-11-28-16-5-3-4-6-17(16)29-15)19(25)12-30-20-22-21-18(24(20)2)9-14-7-8-31(26,27)13-14/h3-6,14-15H,7-13H2,1-2H3/t14-,15-/m1/s1. The molecule has 4 rings (SSSR count). The van der Waals surface area contributed by atoms with Gasteiger partial charge in [-0.1, -0.05) is 23.9 Å². The molecule has 1 saturated heterocycles. The maximum atomic E-state index is 12.6. The lowest BCUT2D eigenvalue weighted by Crippen LogP contribution is -2.42. The number of ether oxygens (including phenoxy) is 2. The van der Waals surface area contributed by atoms with Crippen LogP contribution in [0.2, 0.25) is 0 Å². The maximum absolute atomic E-state index is 12.6. The van der Waals surface area contributed by atoms with E-state index in [-0.39, 0.29) is 35.2 Å². The topological polar surface area (TPSA) is 104 Å². The quantitative estimate of drug-likeness (QED) is 0.561. The van der Waals surface area contributed by atoms with Crippen LogP contribution in [0.4, 0.5) is 0 Å². The van der Waals surface area contributed by atoms with Crippen molar-refractivity contribution in [3.63, 3.8) is 0 Å². The smallest absolute Gasteiger partial charge is 0.232 e. The number of likely N-dealkylation sites (N-methyl/N-ethyl adjacent to an activating group) is 1. The number of amides is 1. The normalized spacial score (nSPS) is 21.7. The molecule has 0 N–H and O–H groups in total. The third kappa shape index (κ3) is 5.32. The average molecular weight is 467 g/mol. The Hall–Kier alpha value is -2.27. The number of hydrogen-bond donors (Lipinski definition) is 0. The summed E-state index contributed by atoms with van der Waals surface area (Å²) in [6.07, 6.45) is 1.02. The number of rotatable bonds is 7. The zero-order valence-electron chi connectivity index (χ0n) is 17.6. The van der Waals surface area contributed by atoms with Crippen LogP contribution in [-0.4, -0.2) is 77.6 Å². The van der Waals surface area contributed by atoms with Crippen molar-refractivity contribution in [1.29, 1.82) is 0 Å². The molecule has 1 aromatic carbocycles. The predicted molar refractivity (Wildman–Crippen MR) is 116 cm³/mol. The highest BCUT2D eigenvalue weighted by molar-refractivity contribution is 7.99. The second-order valence-corrected chi connectivity index (χ2v) is 11.2. The first-order valence-corrected chi connectivity index (χ1v) is 13.0. The van der Waals surface area contributed by atoms with Crippen molar-refractivity contribution in [2.45, 2.75) is 24.1 Å². The second-order valence-electron chi connectivity index (χ2n) is 7.99. The number of carbonyl (C=O) groups is 1. The summed E-state index contributed by atoms with van der Waals surface area (Å²) in [5.74, 6) is 2.89. The first kappa shape index (κ1) is 21.9. The molecule has 1 amide bonds. The van der Waals surface area contributed by atoms with E-state index in [0.29, 0.717) is 36.9 Å². The number of sulfone groups is 1. The fourth-order valence-corrected chi connectivity index (χ4v) is 6.47. The van der Waals surface area contributed by atoms with Gasteiger partial charge in [0.15, 0.2) is 32.6 Å². The van der Waals surface area contributed by atoms with Gasteiger partial charge in [-0.2, -0.15) is 0 Å². The minimum absolute atomic E-state index is 0.0427. The summed E-state index contributed by atoms with van der Waals surface area (Å²) in [5.41, 5.74) is 0. The van der Waals surface area contributed by atoms with Crippen LogP contribution in [-0.2, 0) is 28.1 Å². The van der Waals surface area contributed by atoms with Crippen molar-refractivity contribution in [2.75, 3.05) is 37.5 Å². The lowest BCUT2D eigenvalue weighted by Gasteiger charge is -2.29. The Balaban J connectivity index is 1.26. The number of carbonyl (C=O) groups excluding carboxylic acids is 1. The van der Waals surface area contributed by atoms with Gasteiger partial charge < -0.3 is 18.9 Å². The SMILES string of the molecule is CN(C[C@@H]1COc2ccccc2O1)C(=O)CSc1nnc(C[C@H]2CCS(=O)(=O)C2)n1C. The fourth-order valence-electron chi connectivity index (χ4n) is 3.74. The van der Waals surface area contributed by atoms with Gasteiger partial charge in [0, 0.05) is 20.5 Å². The molecule has 11 heteroatoms. The number of fused-ring (bicyclic) bond motifs is 1. The summed E-state index contributed by atoms with van der Waals surface area (Å²) in [6, 6.07) is 7.49. The van der Waals surface area contributed by atoms with Crippen molar-refractivity contribution < 1.29 is 22.7 Å². The summed E-state index contributed by atoms with van der Waals surface area (Å²) in [5, 5.41) is 9.02. The second kappa shape index (κ2) is 9.07. The summed E-state index contributed by atoms with van der Waals surface area (Å²) in [7, 11) is 0.679. The zero-order chi connectivity index (χ0) is 22.0. The molecule has 0 saturated carbocycles. The number of nitrogens with zero attached hydrogens (tertiary/aromatic N) is 4. The Labute approximate surface area is 186 Å². The molecule has 9 nitrogen and oxygen atoms in total. The summed E-state index contributed by atoms with van der Waals surface area (Å²) >= 11 is 1.32. The lowest BCUT2D eigenvalue weighted by atomic mass is 10.1. The van der Waals surface area contributed by atoms with Crippen LogP contribution in [0.25, 0.3) is 0 Å². The maximum Gasteiger partial charge on any atom is 0.232 e. The molecule has 3 heterocycles. The van der Waals surface area contributed by atoms with Crippen LogP contribution >= 0.6 is 11.8 Å². The predicted octanol–water partition coefficient (Wildman–Crippen LogP) is 1.18. The molecular formula is C20H26N4O5S2. The molecule has 0 radical (unpaired) electrons. The highest BCUT2D eigenvalue weighted by atomic mass is 32.2. The first-order chi connectivity index (χ1) is 14.8. The van der Waals surface area contributed by atoms with E-state index in [4.69, 9.17) is 9.47 Å². The van der Waals surface area contributed by atoms with Gasteiger partial charge in [-0.05, 0) is 24.5 Å². The largest absolute Gasteiger partial charge is 0.486 e. The lowest BCUT2D eigenvalue weighted by molar-refractivity contribution is -0.128. The third-order valence-corrected chi connectivity index (χ3v) is 8.36. The van der Waals surface area contributed by atoms with E-state index >= 15 is 0 Å². The average Bonchev–Trinajstić information content (AvgIpc) is 3.27. The Morgan fingerprint density at radius 2 is 2.06 bits per heavy atom. The van der Waals surface area contributed by atoms with E-state index < -0.39 is 9.84 Å². The van der Waals surface area contributed by atoms with Crippen LogP contribution in [0.3, 0.4) is 0 Å². The highest BCUT2D eigenvalue weighted by Gasteiger charge is 2.29. The molecule has 168 valence electrons. The van der Waals surface area contributed by atoms with Crippen molar-refractivity contribution >= 4 is 27.5 Å². The molecule has 2 atom stereocenters. The Bertz CT molecular complexity index is 1060. The molecule has 31 heavy (non-hydrogen) atoms. The van der Waals surface area contributed by atoms with Gasteiger partial charge in [-0.15, -0.1) is 10.2 Å². The Kier molecular flexibility index (Phi) is 6.42. The Morgan fingerprint density at radius 3 is 2.81 bits per heavy atom. The van der Waals surface area contributed by atoms with Gasteiger partial charge in [0.25, 0.3) is 0 Å². The van der Waals surface area contributed by atoms with Crippen LogP contribution in [0.15, 0.2) is 29.4 Å². The monoisotopic (exact) mass is 466 g/mol. The molecule has 2 aromatic rings. The van der Waals surface area contributed by atoms with Crippen LogP contribution in [0.1, 0.15) is 12.2 Å². The van der Waals surface area contributed by atoms with Gasteiger partial charge in [0.05, 0.1) is 23.8 Å². The van der Waals surface area contributed by atoms with Gasteiger partial charge in [0.2, 0.25) is 5.91 Å². The molecule has 0 unspecified atom stereocenters. The van der Waals surface area contributed by atoms with Crippen molar-refractivity contribution in [1.82, 2.24) is 19.7 Å². The van der Waals surface area contributed by atoms with Crippen LogP contribution in [0.5, 0.6) is 11.5 Å². The van der Waals surface area contributed by atoms with Gasteiger partial charge in [-0.25, -0.2) is 8.42 Å².